The van der Waals surface area contributed by atoms with Crippen molar-refractivity contribution in [1.82, 2.24) is 0 Å². The molecule has 0 aromatic rings. The second-order valence-electron chi connectivity index (χ2n) is 0.914. The molecule has 0 rings (SSSR count). The van der Waals surface area contributed by atoms with E-state index in [9.17, 15) is 4.79 Å². The molecule has 3 nitrogen and oxygen atoms in total. The number of hydrogen-bond donors (Lipinski definition) is 1. The molecular formula is C4H4N2OS. The SMILES string of the molecule is N#CS/C=C\C(N)=O. The molecule has 0 atom stereocenters. The molecule has 2 N–H and O–H groups in total. The summed E-state index contributed by atoms with van der Waals surface area (Å²) < 4.78 is 0. The molecule has 0 spiro atoms. The molecule has 0 aliphatic heterocycles. The lowest BCUT2D eigenvalue weighted by Gasteiger charge is -1.73. The monoisotopic (exact) mass is 128 g/mol. The summed E-state index contributed by atoms with van der Waals surface area (Å²) >= 11 is 0.861. The topological polar surface area (TPSA) is 66.9 Å². The van der Waals surface area contributed by atoms with Crippen molar-refractivity contribution in [3.63, 3.8) is 0 Å². The summed E-state index contributed by atoms with van der Waals surface area (Å²) in [6.07, 6.45) is 1.13. The average molecular weight is 128 g/mol. The fourth-order valence-corrected chi connectivity index (χ4v) is 0.395. The summed E-state index contributed by atoms with van der Waals surface area (Å²) in [5, 5.41) is 11.0. The Morgan fingerprint density at radius 3 is 2.88 bits per heavy atom. The maximum Gasteiger partial charge on any atom is 0.241 e. The van der Waals surface area contributed by atoms with Crippen LogP contribution in [-0.2, 0) is 4.79 Å². The fraction of sp³-hybridized carbons (Fsp3) is 0. The number of nitrogens with zero attached hydrogens (tertiary/aromatic N) is 1. The molecule has 0 radical (unpaired) electrons. The van der Waals surface area contributed by atoms with Gasteiger partial charge in [0.05, 0.1) is 0 Å². The molecule has 0 aliphatic rings. The zero-order valence-corrected chi connectivity index (χ0v) is 4.81. The zero-order valence-electron chi connectivity index (χ0n) is 4.00. The van der Waals surface area contributed by atoms with Crippen LogP contribution in [0.1, 0.15) is 0 Å². The lowest BCUT2D eigenvalue weighted by Crippen LogP contribution is -2.04. The highest BCUT2D eigenvalue weighted by Crippen LogP contribution is 1.95. The molecule has 42 valence electrons. The van der Waals surface area contributed by atoms with E-state index >= 15 is 0 Å². The lowest BCUT2D eigenvalue weighted by atomic mass is 10.6. The van der Waals surface area contributed by atoms with Crippen LogP contribution in [0, 0.1) is 10.7 Å². The number of amides is 1. The van der Waals surface area contributed by atoms with Crippen LogP contribution in [0.15, 0.2) is 11.5 Å². The van der Waals surface area contributed by atoms with Crippen molar-refractivity contribution < 1.29 is 4.79 Å². The van der Waals surface area contributed by atoms with E-state index in [0.29, 0.717) is 0 Å². The average Bonchev–Trinajstić information content (AvgIpc) is 1.66. The first kappa shape index (κ1) is 7.05. The smallest absolute Gasteiger partial charge is 0.241 e. The maximum atomic E-state index is 9.89. The first-order chi connectivity index (χ1) is 3.77. The molecule has 0 saturated heterocycles. The zero-order chi connectivity index (χ0) is 6.41. The third kappa shape index (κ3) is 5.05. The molecule has 1 amide bonds. The summed E-state index contributed by atoms with van der Waals surface area (Å²) in [6, 6.07) is 0. The standard InChI is InChI=1S/C4H4N2OS/c5-3-8-2-1-4(6)7/h1-2H,(H2,6,7)/b2-1-. The van der Waals surface area contributed by atoms with Gasteiger partial charge in [0.25, 0.3) is 0 Å². The number of carbonyl (C=O) groups excluding carboxylic acids is 1. The van der Waals surface area contributed by atoms with Gasteiger partial charge in [0.15, 0.2) is 0 Å². The van der Waals surface area contributed by atoms with E-state index < -0.39 is 5.91 Å². The minimum atomic E-state index is -0.534. The van der Waals surface area contributed by atoms with Crippen LogP contribution in [-0.4, -0.2) is 5.91 Å². The van der Waals surface area contributed by atoms with Gasteiger partial charge in [0.2, 0.25) is 5.91 Å². The molecule has 0 saturated carbocycles. The Hall–Kier alpha value is -0.950. The molecule has 0 bridgehead atoms. The van der Waals surface area contributed by atoms with Crippen molar-refractivity contribution in [2.24, 2.45) is 5.73 Å². The highest BCUT2D eigenvalue weighted by molar-refractivity contribution is 8.06. The summed E-state index contributed by atoms with van der Waals surface area (Å²) in [4.78, 5) is 9.89. The Morgan fingerprint density at radius 2 is 2.50 bits per heavy atom. The number of nitriles is 1. The fourth-order valence-electron chi connectivity index (χ4n) is 0.132. The third-order valence-electron chi connectivity index (χ3n) is 0.353. The van der Waals surface area contributed by atoms with E-state index in [1.807, 2.05) is 0 Å². The summed E-state index contributed by atoms with van der Waals surface area (Å²) in [5.41, 5.74) is 4.68. The van der Waals surface area contributed by atoms with Crippen LogP contribution in [0.2, 0.25) is 0 Å². The van der Waals surface area contributed by atoms with Crippen LogP contribution >= 0.6 is 11.8 Å². The van der Waals surface area contributed by atoms with Gasteiger partial charge in [-0.1, -0.05) is 0 Å². The Bertz CT molecular complexity index is 147. The van der Waals surface area contributed by atoms with Crippen molar-refractivity contribution in [2.75, 3.05) is 0 Å². The largest absolute Gasteiger partial charge is 0.366 e. The minimum Gasteiger partial charge on any atom is -0.366 e. The highest BCUT2D eigenvalue weighted by Gasteiger charge is 1.78. The summed E-state index contributed by atoms with van der Waals surface area (Å²) in [6.45, 7) is 0. The Kier molecular flexibility index (Phi) is 3.71. The molecular weight excluding hydrogens is 124 g/mol. The third-order valence-corrected chi connectivity index (χ3v) is 0.731. The van der Waals surface area contributed by atoms with Gasteiger partial charge in [0, 0.05) is 6.08 Å². The molecule has 8 heavy (non-hydrogen) atoms. The van der Waals surface area contributed by atoms with Crippen LogP contribution in [0.5, 0.6) is 0 Å². The van der Waals surface area contributed by atoms with E-state index in [1.165, 1.54) is 5.41 Å². The van der Waals surface area contributed by atoms with E-state index in [4.69, 9.17) is 5.26 Å². The van der Waals surface area contributed by atoms with Crippen molar-refractivity contribution in [3.8, 4) is 5.40 Å². The lowest BCUT2D eigenvalue weighted by molar-refractivity contribution is -0.113. The van der Waals surface area contributed by atoms with E-state index in [2.05, 4.69) is 5.73 Å². The minimum absolute atomic E-state index is 0.534. The molecule has 0 unspecified atom stereocenters. The highest BCUT2D eigenvalue weighted by atomic mass is 32.2. The van der Waals surface area contributed by atoms with Crippen molar-refractivity contribution in [1.29, 1.82) is 5.26 Å². The second kappa shape index (κ2) is 4.22. The molecule has 0 aliphatic carbocycles. The Labute approximate surface area is 51.2 Å². The van der Waals surface area contributed by atoms with Gasteiger partial charge < -0.3 is 5.73 Å². The molecule has 0 heterocycles. The van der Waals surface area contributed by atoms with Gasteiger partial charge in [-0.05, 0) is 17.2 Å². The first-order valence-electron chi connectivity index (χ1n) is 1.78. The number of hydrogen-bond acceptors (Lipinski definition) is 3. The number of nitrogens with two attached hydrogens (primary N) is 1. The number of primary amides is 1. The van der Waals surface area contributed by atoms with E-state index in [-0.39, 0.29) is 0 Å². The number of rotatable bonds is 2. The summed E-state index contributed by atoms with van der Waals surface area (Å²) in [5.74, 6) is -0.534. The quantitative estimate of drug-likeness (QED) is 0.426. The van der Waals surface area contributed by atoms with Crippen LogP contribution in [0.4, 0.5) is 0 Å². The van der Waals surface area contributed by atoms with Gasteiger partial charge in [0.1, 0.15) is 5.40 Å². The molecule has 0 fully saturated rings. The van der Waals surface area contributed by atoms with Crippen LogP contribution in [0.3, 0.4) is 0 Å². The van der Waals surface area contributed by atoms with Crippen molar-refractivity contribution >= 4 is 17.7 Å². The Balaban J connectivity index is 3.38. The van der Waals surface area contributed by atoms with Gasteiger partial charge in [-0.3, -0.25) is 4.79 Å². The predicted molar refractivity (Wildman–Crippen MR) is 31.5 cm³/mol. The molecule has 4 heteroatoms. The molecule has 0 aromatic heterocycles. The van der Waals surface area contributed by atoms with Gasteiger partial charge in [-0.25, -0.2) is 0 Å². The van der Waals surface area contributed by atoms with Gasteiger partial charge in [-0.15, -0.1) is 0 Å². The van der Waals surface area contributed by atoms with Crippen molar-refractivity contribution in [3.05, 3.63) is 11.5 Å². The van der Waals surface area contributed by atoms with Gasteiger partial charge >= 0.3 is 0 Å². The second-order valence-corrected chi connectivity index (χ2v) is 1.60. The molecule has 0 aromatic carbocycles. The van der Waals surface area contributed by atoms with Crippen molar-refractivity contribution in [2.45, 2.75) is 0 Å². The first-order valence-corrected chi connectivity index (χ1v) is 2.66. The van der Waals surface area contributed by atoms with E-state index in [0.717, 1.165) is 17.8 Å². The van der Waals surface area contributed by atoms with Gasteiger partial charge in [-0.2, -0.15) is 5.26 Å². The number of thiocyanates is 1. The van der Waals surface area contributed by atoms with Crippen LogP contribution in [0.25, 0.3) is 0 Å². The number of thioether (sulfide) groups is 1. The van der Waals surface area contributed by atoms with Crippen LogP contribution < -0.4 is 5.73 Å². The Morgan fingerprint density at radius 1 is 1.88 bits per heavy atom. The summed E-state index contributed by atoms with van der Waals surface area (Å²) in [7, 11) is 0. The normalized spacial score (nSPS) is 8.88. The van der Waals surface area contributed by atoms with E-state index in [1.54, 1.807) is 5.40 Å². The number of carbonyl (C=O) groups is 1. The predicted octanol–water partition coefficient (Wildman–Crippen LogP) is 0.200. The maximum absolute atomic E-state index is 9.89.